The van der Waals surface area contributed by atoms with Gasteiger partial charge in [0, 0.05) is 32.2 Å². The molecule has 0 aliphatic carbocycles. The van der Waals surface area contributed by atoms with Gasteiger partial charge in [0.25, 0.3) is 0 Å². The van der Waals surface area contributed by atoms with Crippen LogP contribution in [0, 0.1) is 0 Å². The number of pyridine rings is 1. The summed E-state index contributed by atoms with van der Waals surface area (Å²) >= 11 is 0. The van der Waals surface area contributed by atoms with Crippen molar-refractivity contribution in [3.63, 3.8) is 0 Å². The second-order valence-corrected chi connectivity index (χ2v) is 6.30. The number of imidazole rings is 1. The van der Waals surface area contributed by atoms with Crippen molar-refractivity contribution >= 4 is 5.96 Å². The lowest BCUT2D eigenvalue weighted by Crippen LogP contribution is -2.45. The highest BCUT2D eigenvalue weighted by molar-refractivity contribution is 5.79. The summed E-state index contributed by atoms with van der Waals surface area (Å²) < 4.78 is 13.6. The average Bonchev–Trinajstić information content (AvgIpc) is 3.29. The highest BCUT2D eigenvalue weighted by Gasteiger charge is 2.20. The van der Waals surface area contributed by atoms with Crippen LogP contribution in [-0.4, -0.2) is 46.8 Å². The number of aliphatic imine (C=N–C) groups is 1. The topological polar surface area (TPSA) is 85.6 Å². The molecule has 28 heavy (non-hydrogen) atoms. The molecule has 8 nitrogen and oxygen atoms in total. The zero-order chi connectivity index (χ0) is 19.2. The quantitative estimate of drug-likeness (QED) is 0.520. The van der Waals surface area contributed by atoms with E-state index in [0.29, 0.717) is 25.7 Å². The van der Waals surface area contributed by atoms with Gasteiger partial charge in [-0.2, -0.15) is 0 Å². The van der Waals surface area contributed by atoms with Crippen LogP contribution in [0.3, 0.4) is 0 Å². The molecule has 1 aromatic carbocycles. The number of nitrogens with one attached hydrogen (secondary N) is 2. The fraction of sp³-hybridized carbons (Fsp3) is 0.250. The maximum absolute atomic E-state index is 5.96. The molecule has 8 heteroatoms. The number of para-hydroxylation sites is 2. The first-order valence-electron chi connectivity index (χ1n) is 9.08. The second kappa shape index (κ2) is 8.43. The molecule has 1 aliphatic heterocycles. The summed E-state index contributed by atoms with van der Waals surface area (Å²) in [4.78, 5) is 12.7. The van der Waals surface area contributed by atoms with Gasteiger partial charge >= 0.3 is 0 Å². The van der Waals surface area contributed by atoms with Crippen LogP contribution in [0.15, 0.2) is 66.3 Å². The number of fused-ring (bicyclic) bond motifs is 1. The highest BCUT2D eigenvalue weighted by atomic mass is 16.6. The van der Waals surface area contributed by atoms with Gasteiger partial charge in [-0.15, -0.1) is 0 Å². The molecule has 2 aromatic heterocycles. The Morgan fingerprint density at radius 3 is 2.93 bits per heavy atom. The van der Waals surface area contributed by atoms with Crippen LogP contribution in [0.5, 0.6) is 11.5 Å². The summed E-state index contributed by atoms with van der Waals surface area (Å²) in [6.45, 7) is 1.71. The minimum atomic E-state index is -0.0813. The Labute approximate surface area is 163 Å². The van der Waals surface area contributed by atoms with Crippen LogP contribution in [0.2, 0.25) is 0 Å². The number of guanidine groups is 1. The Morgan fingerprint density at radius 1 is 1.21 bits per heavy atom. The molecular weight excluding hydrogens is 356 g/mol. The molecule has 1 unspecified atom stereocenters. The molecule has 3 aromatic rings. The summed E-state index contributed by atoms with van der Waals surface area (Å²) in [5, 5.41) is 6.59. The first-order chi connectivity index (χ1) is 13.8. The molecule has 0 fully saturated rings. The van der Waals surface area contributed by atoms with Crippen LogP contribution in [0.25, 0.3) is 5.82 Å². The summed E-state index contributed by atoms with van der Waals surface area (Å²) in [5.41, 5.74) is 1.09. The molecule has 1 aliphatic rings. The largest absolute Gasteiger partial charge is 0.486 e. The van der Waals surface area contributed by atoms with Crippen molar-refractivity contribution in [3.05, 3.63) is 66.9 Å². The van der Waals surface area contributed by atoms with E-state index in [9.17, 15) is 0 Å². The van der Waals surface area contributed by atoms with E-state index in [4.69, 9.17) is 9.47 Å². The third-order valence-electron chi connectivity index (χ3n) is 4.33. The monoisotopic (exact) mass is 378 g/mol. The van der Waals surface area contributed by atoms with Crippen LogP contribution in [-0.2, 0) is 6.54 Å². The first kappa shape index (κ1) is 17.8. The number of aromatic nitrogens is 3. The van der Waals surface area contributed by atoms with Crippen molar-refractivity contribution in [3.8, 4) is 17.3 Å². The van der Waals surface area contributed by atoms with Crippen molar-refractivity contribution in [2.45, 2.75) is 12.6 Å². The lowest BCUT2D eigenvalue weighted by Gasteiger charge is -2.27. The number of rotatable bonds is 5. The second-order valence-electron chi connectivity index (χ2n) is 6.30. The SMILES string of the molecule is CN=C(NCc1ccnc(-n2ccnc2)c1)NCC1COc2ccccc2O1. The van der Waals surface area contributed by atoms with E-state index in [-0.39, 0.29) is 6.10 Å². The molecule has 144 valence electrons. The average molecular weight is 378 g/mol. The van der Waals surface area contributed by atoms with Gasteiger partial charge in [0.1, 0.15) is 24.9 Å². The smallest absolute Gasteiger partial charge is 0.191 e. The van der Waals surface area contributed by atoms with E-state index in [0.717, 1.165) is 22.9 Å². The Balaban J connectivity index is 1.29. The molecule has 0 saturated heterocycles. The lowest BCUT2D eigenvalue weighted by molar-refractivity contribution is 0.0936. The molecule has 0 amide bonds. The van der Waals surface area contributed by atoms with Crippen molar-refractivity contribution < 1.29 is 9.47 Å². The van der Waals surface area contributed by atoms with Crippen molar-refractivity contribution in [1.82, 2.24) is 25.2 Å². The molecular formula is C20H22N6O2. The number of hydrogen-bond donors (Lipinski definition) is 2. The van der Waals surface area contributed by atoms with Gasteiger partial charge in [0.2, 0.25) is 0 Å². The Hall–Kier alpha value is -3.55. The van der Waals surface area contributed by atoms with E-state index >= 15 is 0 Å². The van der Waals surface area contributed by atoms with Gasteiger partial charge < -0.3 is 20.1 Å². The molecule has 4 rings (SSSR count). The van der Waals surface area contributed by atoms with E-state index in [1.807, 2.05) is 47.2 Å². The maximum Gasteiger partial charge on any atom is 0.191 e. The maximum atomic E-state index is 5.96. The van der Waals surface area contributed by atoms with Crippen LogP contribution in [0.1, 0.15) is 5.56 Å². The van der Waals surface area contributed by atoms with Gasteiger partial charge in [0.15, 0.2) is 17.5 Å². The Bertz CT molecular complexity index is 941. The van der Waals surface area contributed by atoms with Gasteiger partial charge in [-0.05, 0) is 29.8 Å². The minimum absolute atomic E-state index is 0.0813. The minimum Gasteiger partial charge on any atom is -0.486 e. The fourth-order valence-corrected chi connectivity index (χ4v) is 2.89. The third kappa shape index (κ3) is 4.22. The van der Waals surface area contributed by atoms with Gasteiger partial charge in [-0.3, -0.25) is 9.56 Å². The Morgan fingerprint density at radius 2 is 2.11 bits per heavy atom. The summed E-state index contributed by atoms with van der Waals surface area (Å²) in [7, 11) is 1.74. The molecule has 1 atom stereocenters. The predicted molar refractivity (Wildman–Crippen MR) is 106 cm³/mol. The zero-order valence-corrected chi connectivity index (χ0v) is 15.6. The Kier molecular flexibility index (Phi) is 5.37. The van der Waals surface area contributed by atoms with Crippen LogP contribution >= 0.6 is 0 Å². The number of hydrogen-bond acceptors (Lipinski definition) is 5. The standard InChI is InChI=1S/C20H22N6O2/c1-21-20(25-12-16-13-27-17-4-2-3-5-18(17)28-16)24-11-15-6-7-23-19(10-15)26-9-8-22-14-26/h2-10,14,16H,11-13H2,1H3,(H2,21,24,25). The fourth-order valence-electron chi connectivity index (χ4n) is 2.89. The molecule has 2 N–H and O–H groups in total. The van der Waals surface area contributed by atoms with E-state index < -0.39 is 0 Å². The van der Waals surface area contributed by atoms with E-state index in [1.54, 1.807) is 25.8 Å². The van der Waals surface area contributed by atoms with Crippen molar-refractivity contribution in [1.29, 1.82) is 0 Å². The summed E-state index contributed by atoms with van der Waals surface area (Å²) in [6.07, 6.45) is 7.03. The lowest BCUT2D eigenvalue weighted by atomic mass is 10.2. The molecule has 0 radical (unpaired) electrons. The van der Waals surface area contributed by atoms with Crippen molar-refractivity contribution in [2.75, 3.05) is 20.2 Å². The number of nitrogens with zero attached hydrogens (tertiary/aromatic N) is 4. The van der Waals surface area contributed by atoms with E-state index in [1.165, 1.54) is 0 Å². The van der Waals surface area contributed by atoms with Gasteiger partial charge in [0.05, 0.1) is 6.54 Å². The first-order valence-corrected chi connectivity index (χ1v) is 9.08. The molecule has 0 saturated carbocycles. The molecule has 3 heterocycles. The predicted octanol–water partition coefficient (Wildman–Crippen LogP) is 1.77. The van der Waals surface area contributed by atoms with Crippen molar-refractivity contribution in [2.24, 2.45) is 4.99 Å². The summed E-state index contributed by atoms with van der Waals surface area (Å²) in [6, 6.07) is 11.7. The number of benzene rings is 1. The molecule has 0 spiro atoms. The number of ether oxygens (including phenoxy) is 2. The van der Waals surface area contributed by atoms with Gasteiger partial charge in [-0.25, -0.2) is 9.97 Å². The van der Waals surface area contributed by atoms with Crippen LogP contribution in [0.4, 0.5) is 0 Å². The van der Waals surface area contributed by atoms with Crippen LogP contribution < -0.4 is 20.1 Å². The highest BCUT2D eigenvalue weighted by Crippen LogP contribution is 2.30. The normalized spacial score (nSPS) is 15.9. The molecule has 0 bridgehead atoms. The zero-order valence-electron chi connectivity index (χ0n) is 15.6. The van der Waals surface area contributed by atoms with Gasteiger partial charge in [-0.1, -0.05) is 12.1 Å². The third-order valence-corrected chi connectivity index (χ3v) is 4.33. The summed E-state index contributed by atoms with van der Waals surface area (Å²) in [5.74, 6) is 3.08. The van der Waals surface area contributed by atoms with E-state index in [2.05, 4.69) is 25.6 Å².